The number of hydrogen-bond donors (Lipinski definition) is 1. The van der Waals surface area contributed by atoms with Crippen LogP contribution in [-0.4, -0.2) is 20.9 Å². The van der Waals surface area contributed by atoms with E-state index in [9.17, 15) is 4.79 Å². The predicted octanol–water partition coefficient (Wildman–Crippen LogP) is 2.56. The van der Waals surface area contributed by atoms with Gasteiger partial charge in [0.2, 0.25) is 5.91 Å². The first-order valence-electron chi connectivity index (χ1n) is 6.42. The van der Waals surface area contributed by atoms with Crippen molar-refractivity contribution in [2.24, 2.45) is 0 Å². The Hall–Kier alpha value is -3.00. The molecule has 0 saturated heterocycles. The van der Waals surface area contributed by atoms with Crippen LogP contribution < -0.4 is 5.32 Å². The second kappa shape index (κ2) is 5.17. The van der Waals surface area contributed by atoms with Crippen molar-refractivity contribution < 1.29 is 4.79 Å². The number of nitrogens with zero attached hydrogens (tertiary/aromatic N) is 3. The fourth-order valence-electron chi connectivity index (χ4n) is 2.10. The normalized spacial score (nSPS) is 10.2. The molecule has 0 fully saturated rings. The van der Waals surface area contributed by atoms with Gasteiger partial charge in [-0.1, -0.05) is 12.1 Å². The molecule has 1 N–H and O–H groups in total. The Bertz CT molecular complexity index is 829. The number of aryl methyl sites for hydroxylation is 1. The van der Waals surface area contributed by atoms with Gasteiger partial charge in [-0.15, -0.1) is 0 Å². The fourth-order valence-corrected chi connectivity index (χ4v) is 2.10. The molecule has 0 unspecified atom stereocenters. The maximum absolute atomic E-state index is 11.2. The van der Waals surface area contributed by atoms with Crippen molar-refractivity contribution in [3.63, 3.8) is 0 Å². The molecule has 0 radical (unpaired) electrons. The molecule has 0 spiro atoms. The number of pyridine rings is 1. The first-order valence-corrected chi connectivity index (χ1v) is 6.42. The van der Waals surface area contributed by atoms with Crippen molar-refractivity contribution in [3.8, 4) is 11.3 Å². The lowest BCUT2D eigenvalue weighted by molar-refractivity contribution is -0.114. The lowest BCUT2D eigenvalue weighted by atomic mass is 10.1. The van der Waals surface area contributed by atoms with Gasteiger partial charge in [-0.2, -0.15) is 0 Å². The summed E-state index contributed by atoms with van der Waals surface area (Å²) in [7, 11) is 0. The first kappa shape index (κ1) is 13.0. The van der Waals surface area contributed by atoms with Crippen LogP contribution in [0.2, 0.25) is 0 Å². The van der Waals surface area contributed by atoms with Gasteiger partial charge < -0.3 is 5.32 Å². The van der Waals surface area contributed by atoms with E-state index in [0.717, 1.165) is 27.7 Å². The third-order valence-corrected chi connectivity index (χ3v) is 2.95. The molecule has 0 bridgehead atoms. The minimum atomic E-state index is -0.162. The lowest BCUT2D eigenvalue weighted by Gasteiger charge is -2.06. The standard InChI is InChI=1S/C16H12N4O/c1-10-7-17-9-15(19-10)13-5-3-4-12-8-18-16(6-14(12)13)20-11(2)21/h5-9H,1-2H3,(H,18,20,21). The summed E-state index contributed by atoms with van der Waals surface area (Å²) in [5, 5.41) is 4.38. The average molecular weight is 276 g/mol. The minimum absolute atomic E-state index is 0.162. The Morgan fingerprint density at radius 3 is 2.90 bits per heavy atom. The third-order valence-electron chi connectivity index (χ3n) is 2.95. The molecule has 1 aromatic carbocycles. The summed E-state index contributed by atoms with van der Waals surface area (Å²) in [5.41, 5.74) is 2.48. The Morgan fingerprint density at radius 1 is 1.29 bits per heavy atom. The summed E-state index contributed by atoms with van der Waals surface area (Å²) < 4.78 is 0. The molecule has 0 aliphatic rings. The average Bonchev–Trinajstić information content (AvgIpc) is 2.46. The monoisotopic (exact) mass is 276 g/mol. The van der Waals surface area contributed by atoms with Crippen molar-refractivity contribution in [2.45, 2.75) is 13.8 Å². The SMILES string of the molecule is CC(=O)Nc1cc2c(-c3cncc(C)n3)cc#cc2cn1. The Balaban J connectivity index is 2.20. The highest BCUT2D eigenvalue weighted by atomic mass is 16.1. The maximum Gasteiger partial charge on any atom is 0.222 e. The number of carbonyl (C=O) groups is 1. The molecule has 3 aromatic rings. The van der Waals surface area contributed by atoms with E-state index >= 15 is 0 Å². The zero-order valence-electron chi connectivity index (χ0n) is 11.6. The van der Waals surface area contributed by atoms with Gasteiger partial charge in [0.1, 0.15) is 5.82 Å². The molecule has 0 saturated carbocycles. The molecular formula is C16H12N4O. The Morgan fingerprint density at radius 2 is 2.14 bits per heavy atom. The third kappa shape index (κ3) is 2.65. The van der Waals surface area contributed by atoms with Crippen LogP contribution in [0, 0.1) is 19.1 Å². The first-order chi connectivity index (χ1) is 10.1. The van der Waals surface area contributed by atoms with Crippen molar-refractivity contribution in [1.29, 1.82) is 0 Å². The zero-order valence-corrected chi connectivity index (χ0v) is 11.6. The predicted molar refractivity (Wildman–Crippen MR) is 79.5 cm³/mol. The van der Waals surface area contributed by atoms with Gasteiger partial charge >= 0.3 is 0 Å². The van der Waals surface area contributed by atoms with Gasteiger partial charge in [0, 0.05) is 30.3 Å². The van der Waals surface area contributed by atoms with Crippen LogP contribution in [-0.2, 0) is 4.79 Å². The maximum atomic E-state index is 11.2. The van der Waals surface area contributed by atoms with Gasteiger partial charge in [0.05, 0.1) is 23.0 Å². The van der Waals surface area contributed by atoms with E-state index in [1.165, 1.54) is 6.92 Å². The second-order valence-corrected chi connectivity index (χ2v) is 4.67. The molecule has 2 heterocycles. The number of amides is 1. The number of aromatic nitrogens is 3. The lowest BCUT2D eigenvalue weighted by Crippen LogP contribution is -2.07. The summed E-state index contributed by atoms with van der Waals surface area (Å²) in [4.78, 5) is 24.0. The minimum Gasteiger partial charge on any atom is -0.311 e. The van der Waals surface area contributed by atoms with Crippen LogP contribution in [0.4, 0.5) is 5.82 Å². The van der Waals surface area contributed by atoms with E-state index in [-0.39, 0.29) is 5.91 Å². The van der Waals surface area contributed by atoms with Gasteiger partial charge in [0.25, 0.3) is 0 Å². The quantitative estimate of drug-likeness (QED) is 0.781. The zero-order chi connectivity index (χ0) is 14.8. The van der Waals surface area contributed by atoms with E-state index in [0.29, 0.717) is 5.82 Å². The molecule has 5 nitrogen and oxygen atoms in total. The summed E-state index contributed by atoms with van der Waals surface area (Å²) in [6.07, 6.45) is 5.06. The van der Waals surface area contributed by atoms with Crippen LogP contribution >= 0.6 is 0 Å². The van der Waals surface area contributed by atoms with Gasteiger partial charge in [-0.05, 0) is 19.1 Å². The molecule has 0 atom stereocenters. The molecule has 102 valence electrons. The molecule has 0 aliphatic carbocycles. The summed E-state index contributed by atoms with van der Waals surface area (Å²) in [5.74, 6) is 0.335. The summed E-state index contributed by atoms with van der Waals surface area (Å²) >= 11 is 0. The molecule has 0 aliphatic heterocycles. The van der Waals surface area contributed by atoms with Crippen molar-refractivity contribution in [1.82, 2.24) is 15.0 Å². The Kier molecular flexibility index (Phi) is 3.20. The summed E-state index contributed by atoms with van der Waals surface area (Å²) in [6, 6.07) is 9.58. The number of anilines is 1. The van der Waals surface area contributed by atoms with Crippen LogP contribution in [0.1, 0.15) is 12.6 Å². The smallest absolute Gasteiger partial charge is 0.222 e. The highest BCUT2D eigenvalue weighted by molar-refractivity contribution is 5.97. The van der Waals surface area contributed by atoms with Crippen molar-refractivity contribution >= 4 is 22.5 Å². The Labute approximate surface area is 122 Å². The van der Waals surface area contributed by atoms with Crippen LogP contribution in [0.15, 0.2) is 30.7 Å². The highest BCUT2D eigenvalue weighted by Gasteiger charge is 2.08. The van der Waals surface area contributed by atoms with Gasteiger partial charge in [0.15, 0.2) is 0 Å². The van der Waals surface area contributed by atoms with E-state index < -0.39 is 0 Å². The second-order valence-electron chi connectivity index (χ2n) is 4.67. The number of fused-ring (bicyclic) bond motifs is 1. The molecule has 2 aromatic heterocycles. The van der Waals surface area contributed by atoms with Crippen LogP contribution in [0.5, 0.6) is 0 Å². The van der Waals surface area contributed by atoms with Crippen LogP contribution in [0.3, 0.4) is 0 Å². The molecule has 1 amide bonds. The number of nitrogens with one attached hydrogen (secondary N) is 1. The van der Waals surface area contributed by atoms with E-state index in [1.54, 1.807) is 24.7 Å². The summed E-state index contributed by atoms with van der Waals surface area (Å²) in [6.45, 7) is 3.34. The molecular weight excluding hydrogens is 264 g/mol. The molecule has 5 heteroatoms. The van der Waals surface area contributed by atoms with E-state index in [1.807, 2.05) is 13.0 Å². The topological polar surface area (TPSA) is 67.8 Å². The van der Waals surface area contributed by atoms with Crippen LogP contribution in [0.25, 0.3) is 22.0 Å². The van der Waals surface area contributed by atoms with E-state index in [4.69, 9.17) is 0 Å². The number of carbonyl (C=O) groups excluding carboxylic acids is 1. The van der Waals surface area contributed by atoms with Gasteiger partial charge in [-0.25, -0.2) is 9.97 Å². The number of hydrogen-bond acceptors (Lipinski definition) is 4. The van der Waals surface area contributed by atoms with Crippen molar-refractivity contribution in [2.75, 3.05) is 5.32 Å². The van der Waals surface area contributed by atoms with Crippen molar-refractivity contribution in [3.05, 3.63) is 48.5 Å². The molecule has 3 rings (SSSR count). The highest BCUT2D eigenvalue weighted by Crippen LogP contribution is 2.26. The van der Waals surface area contributed by atoms with E-state index in [2.05, 4.69) is 32.4 Å². The number of rotatable bonds is 2. The molecule has 21 heavy (non-hydrogen) atoms. The fraction of sp³-hybridized carbons (Fsp3) is 0.125. The largest absolute Gasteiger partial charge is 0.311 e. The van der Waals surface area contributed by atoms with Gasteiger partial charge in [-0.3, -0.25) is 9.78 Å².